The van der Waals surface area contributed by atoms with Gasteiger partial charge in [0.1, 0.15) is 13.8 Å². The molecule has 0 N–H and O–H groups in total. The van der Waals surface area contributed by atoms with Crippen LogP contribution in [-0.4, -0.2) is 29.0 Å². The van der Waals surface area contributed by atoms with Gasteiger partial charge >= 0.3 is 0 Å². The maximum Gasteiger partial charge on any atom is 0.146 e. The summed E-state index contributed by atoms with van der Waals surface area (Å²) in [5.41, 5.74) is 5.14. The number of benzene rings is 5. The molecule has 0 bridgehead atoms. The molecule has 206 valence electrons. The molecule has 0 saturated carbocycles. The highest BCUT2D eigenvalue weighted by Crippen LogP contribution is 2.43. The Balaban J connectivity index is 1.72. The molecule has 5 aromatic rings. The summed E-state index contributed by atoms with van der Waals surface area (Å²) in [5, 5.41) is 8.06. The molecule has 40 heavy (non-hydrogen) atoms. The monoisotopic (exact) mass is 630 g/mol. The fraction of sp³-hybridized carbons (Fsp3) is 0.235. The Labute approximate surface area is 253 Å². The standard InChI is InChI=1S/C34H40Cl2Si4/c1-37(2,39(5,6)35)27-21-17-25(18-22-27)33-29-13-9-11-15-31(29)34(32-16-12-10-14-30(32)33)26-19-23-28(24-20-26)38(3,4)40(7,8)36/h9-24H,1-8H3. The van der Waals surface area contributed by atoms with Crippen LogP contribution in [0.1, 0.15) is 0 Å². The van der Waals surface area contributed by atoms with Crippen molar-refractivity contribution in [2.45, 2.75) is 52.4 Å². The van der Waals surface area contributed by atoms with E-state index in [4.69, 9.17) is 22.2 Å². The molecule has 0 amide bonds. The number of rotatable bonds is 6. The zero-order chi connectivity index (χ0) is 29.1. The second-order valence-electron chi connectivity index (χ2n) is 13.2. The average Bonchev–Trinajstić information content (AvgIpc) is 2.90. The molecular weight excluding hydrogens is 592 g/mol. The van der Waals surface area contributed by atoms with Crippen molar-refractivity contribution in [3.8, 4) is 22.3 Å². The summed E-state index contributed by atoms with van der Waals surface area (Å²) in [6.07, 6.45) is 0. The highest BCUT2D eigenvalue weighted by molar-refractivity contribution is 7.62. The van der Waals surface area contributed by atoms with Gasteiger partial charge in [0, 0.05) is 0 Å². The lowest BCUT2D eigenvalue weighted by Gasteiger charge is -2.33. The maximum absolute atomic E-state index is 7.00. The van der Waals surface area contributed by atoms with Crippen molar-refractivity contribution in [2.24, 2.45) is 0 Å². The lowest BCUT2D eigenvalue weighted by molar-refractivity contribution is 1.66. The Hall–Kier alpha value is -1.93. The minimum Gasteiger partial charge on any atom is -0.171 e. The zero-order valence-corrected chi connectivity index (χ0v) is 30.5. The third-order valence-corrected chi connectivity index (χ3v) is 47.3. The quantitative estimate of drug-likeness (QED) is 0.0994. The predicted octanol–water partition coefficient (Wildman–Crippen LogP) is 10.2. The zero-order valence-electron chi connectivity index (χ0n) is 25.0. The third kappa shape index (κ3) is 5.01. The van der Waals surface area contributed by atoms with E-state index < -0.39 is 29.0 Å². The summed E-state index contributed by atoms with van der Waals surface area (Å²) in [5.74, 6) is 0. The second kappa shape index (κ2) is 10.4. The Morgan fingerprint density at radius 1 is 0.375 bits per heavy atom. The fourth-order valence-electron chi connectivity index (χ4n) is 5.54. The Morgan fingerprint density at radius 3 is 0.850 bits per heavy atom. The molecule has 0 aliphatic heterocycles. The van der Waals surface area contributed by atoms with E-state index in [1.807, 2.05) is 0 Å². The first-order valence-corrected chi connectivity index (χ1v) is 30.2. The van der Waals surface area contributed by atoms with Crippen LogP contribution in [0.5, 0.6) is 0 Å². The Kier molecular flexibility index (Phi) is 7.69. The number of halogens is 2. The summed E-state index contributed by atoms with van der Waals surface area (Å²) in [6, 6.07) is 36.5. The van der Waals surface area contributed by atoms with Gasteiger partial charge in [-0.1, -0.05) is 160 Å². The van der Waals surface area contributed by atoms with Gasteiger partial charge in [0.15, 0.2) is 0 Å². The van der Waals surface area contributed by atoms with E-state index in [1.54, 1.807) is 0 Å². The second-order valence-corrected chi connectivity index (χ2v) is 49.3. The van der Waals surface area contributed by atoms with Crippen LogP contribution in [0.4, 0.5) is 0 Å². The van der Waals surface area contributed by atoms with Gasteiger partial charge in [0.05, 0.1) is 15.2 Å². The maximum atomic E-state index is 7.00. The molecule has 0 nitrogen and oxygen atoms in total. The largest absolute Gasteiger partial charge is 0.171 e. The van der Waals surface area contributed by atoms with Gasteiger partial charge in [-0.2, -0.15) is 22.2 Å². The minimum absolute atomic E-state index is 1.26. The van der Waals surface area contributed by atoms with Crippen molar-refractivity contribution in [1.29, 1.82) is 0 Å². The van der Waals surface area contributed by atoms with Crippen molar-refractivity contribution in [3.05, 3.63) is 97.1 Å². The molecule has 6 heteroatoms. The van der Waals surface area contributed by atoms with Crippen molar-refractivity contribution in [1.82, 2.24) is 0 Å². The summed E-state index contributed by atoms with van der Waals surface area (Å²) in [6.45, 7) is 15.3. The number of fused-ring (bicyclic) bond motifs is 2. The Morgan fingerprint density at radius 2 is 0.625 bits per heavy atom. The first-order chi connectivity index (χ1) is 18.6. The van der Waals surface area contributed by atoms with Gasteiger partial charge in [-0.05, 0) is 43.8 Å². The molecular formula is C34H40Cl2Si4. The molecule has 0 spiro atoms. The van der Waals surface area contributed by atoms with Gasteiger partial charge in [-0.15, -0.1) is 0 Å². The molecule has 0 atom stereocenters. The van der Waals surface area contributed by atoms with E-state index in [2.05, 4.69) is 149 Å². The van der Waals surface area contributed by atoms with E-state index in [-0.39, 0.29) is 0 Å². The molecule has 5 aromatic carbocycles. The SMILES string of the molecule is C[Si](C)(Cl)[Si](C)(C)c1ccc(-c2c3ccccc3c(-c3ccc([Si](C)(C)[Si](C)(C)Cl)cc3)c3ccccc23)cc1. The predicted molar refractivity (Wildman–Crippen MR) is 193 cm³/mol. The van der Waals surface area contributed by atoms with Crippen LogP contribution in [-0.2, 0) is 0 Å². The molecule has 0 heterocycles. The number of hydrogen-bond acceptors (Lipinski definition) is 0. The molecule has 0 unspecified atom stereocenters. The van der Waals surface area contributed by atoms with E-state index in [0.29, 0.717) is 0 Å². The lowest BCUT2D eigenvalue weighted by atomic mass is 9.86. The molecule has 0 aromatic heterocycles. The summed E-state index contributed by atoms with van der Waals surface area (Å²) >= 11 is 14.0. The highest BCUT2D eigenvalue weighted by atomic mass is 35.6. The van der Waals surface area contributed by atoms with Crippen LogP contribution in [0.25, 0.3) is 43.8 Å². The van der Waals surface area contributed by atoms with Crippen LogP contribution in [0, 0.1) is 0 Å². The van der Waals surface area contributed by atoms with Gasteiger partial charge in [-0.25, -0.2) is 0 Å². The topological polar surface area (TPSA) is 0 Å². The van der Waals surface area contributed by atoms with Crippen LogP contribution < -0.4 is 10.4 Å². The molecule has 0 aliphatic carbocycles. The van der Waals surface area contributed by atoms with Crippen molar-refractivity contribution in [2.75, 3.05) is 0 Å². The highest BCUT2D eigenvalue weighted by Gasteiger charge is 2.42. The summed E-state index contributed by atoms with van der Waals surface area (Å²) < 4.78 is 0. The normalized spacial score (nSPS) is 13.2. The first-order valence-electron chi connectivity index (χ1n) is 14.2. The molecule has 0 aliphatic rings. The van der Waals surface area contributed by atoms with E-state index >= 15 is 0 Å². The molecule has 0 radical (unpaired) electrons. The van der Waals surface area contributed by atoms with Crippen molar-refractivity contribution in [3.63, 3.8) is 0 Å². The van der Waals surface area contributed by atoms with Gasteiger partial charge in [0.25, 0.3) is 0 Å². The van der Waals surface area contributed by atoms with Crippen molar-refractivity contribution < 1.29 is 0 Å². The minimum atomic E-state index is -1.77. The Bertz CT molecular complexity index is 1510. The number of hydrogen-bond donors (Lipinski definition) is 0. The van der Waals surface area contributed by atoms with E-state index in [0.717, 1.165) is 0 Å². The smallest absolute Gasteiger partial charge is 0.146 e. The summed E-state index contributed by atoms with van der Waals surface area (Å²) in [4.78, 5) is 0. The van der Waals surface area contributed by atoms with Gasteiger partial charge in [-0.3, -0.25) is 0 Å². The summed E-state index contributed by atoms with van der Waals surface area (Å²) in [7, 11) is -3.39. The van der Waals surface area contributed by atoms with Crippen LogP contribution in [0.15, 0.2) is 97.1 Å². The van der Waals surface area contributed by atoms with Crippen molar-refractivity contribution >= 4 is 83.1 Å². The molecule has 0 fully saturated rings. The van der Waals surface area contributed by atoms with Crippen LogP contribution >= 0.6 is 22.2 Å². The molecule has 0 saturated heterocycles. The van der Waals surface area contributed by atoms with Gasteiger partial charge in [0.2, 0.25) is 0 Å². The van der Waals surface area contributed by atoms with E-state index in [1.165, 1.54) is 54.2 Å². The fourth-order valence-corrected chi connectivity index (χ4v) is 16.0. The first kappa shape index (κ1) is 29.6. The lowest BCUT2D eigenvalue weighted by Crippen LogP contribution is -2.59. The average molecular weight is 632 g/mol. The van der Waals surface area contributed by atoms with Crippen LogP contribution in [0.2, 0.25) is 52.4 Å². The van der Waals surface area contributed by atoms with Gasteiger partial charge < -0.3 is 0 Å². The van der Waals surface area contributed by atoms with Crippen LogP contribution in [0.3, 0.4) is 0 Å². The molecule has 5 rings (SSSR count). The van der Waals surface area contributed by atoms with E-state index in [9.17, 15) is 0 Å². The third-order valence-electron chi connectivity index (χ3n) is 9.69.